The van der Waals surface area contributed by atoms with Crippen molar-refractivity contribution in [2.45, 2.75) is 6.92 Å². The van der Waals surface area contributed by atoms with Crippen LogP contribution in [-0.2, 0) is 10.0 Å². The second-order valence-electron chi connectivity index (χ2n) is 7.88. The number of nitrogens with zero attached hydrogens (tertiary/aromatic N) is 6. The van der Waals surface area contributed by atoms with Crippen molar-refractivity contribution >= 4 is 21.7 Å². The van der Waals surface area contributed by atoms with Gasteiger partial charge in [0, 0.05) is 34.6 Å². The Kier molecular flexibility index (Phi) is 4.86. The van der Waals surface area contributed by atoms with Crippen molar-refractivity contribution in [3.63, 3.8) is 0 Å². The van der Waals surface area contributed by atoms with Crippen LogP contribution in [0.4, 0.5) is 11.6 Å². The van der Waals surface area contributed by atoms with Crippen LogP contribution in [0.5, 0.6) is 0 Å². The van der Waals surface area contributed by atoms with Crippen LogP contribution >= 0.6 is 0 Å². The Morgan fingerprint density at radius 2 is 1.77 bits per heavy atom. The Labute approximate surface area is 183 Å². The minimum Gasteiger partial charge on any atom is -0.414 e. The molecule has 2 atom stereocenters. The van der Waals surface area contributed by atoms with E-state index >= 15 is 0 Å². The van der Waals surface area contributed by atoms with E-state index in [0.29, 0.717) is 30.5 Å². The first-order valence-corrected chi connectivity index (χ1v) is 11.8. The fraction of sp³-hybridized carbons (Fsp3) is 0.400. The van der Waals surface area contributed by atoms with E-state index in [4.69, 9.17) is 10.2 Å². The van der Waals surface area contributed by atoms with Crippen molar-refractivity contribution in [2.75, 3.05) is 42.6 Å². The van der Waals surface area contributed by atoms with Crippen LogP contribution < -0.4 is 10.6 Å². The molecule has 0 spiro atoms. The summed E-state index contributed by atoms with van der Waals surface area (Å²) in [5.74, 6) is 2.17. The number of rotatable bonds is 5. The van der Waals surface area contributed by atoms with E-state index in [2.05, 4.69) is 25.1 Å². The first kappa shape index (κ1) is 19.9. The largest absolute Gasteiger partial charge is 0.414 e. The zero-order valence-corrected chi connectivity index (χ0v) is 17.9. The molecule has 3 aromatic rings. The molecule has 0 aliphatic carbocycles. The molecule has 31 heavy (non-hydrogen) atoms. The van der Waals surface area contributed by atoms with Crippen LogP contribution in [-0.4, -0.2) is 64.8 Å². The van der Waals surface area contributed by atoms with Crippen molar-refractivity contribution in [2.24, 2.45) is 11.8 Å². The molecule has 2 N–H and O–H groups in total. The number of nitrogens with two attached hydrogens (primary N) is 1. The van der Waals surface area contributed by atoms with E-state index < -0.39 is 10.0 Å². The van der Waals surface area contributed by atoms with E-state index in [0.717, 1.165) is 18.7 Å². The molecule has 11 heteroatoms. The minimum absolute atomic E-state index is 0. The average Bonchev–Trinajstić information content (AvgIpc) is 3.50. The average molecular weight is 446 g/mol. The van der Waals surface area contributed by atoms with Gasteiger partial charge in [-0.2, -0.15) is 0 Å². The SMILES string of the molecule is CCS(=O)(=O)N1CC2CN(c3cnc(N)c(-c4nnc(-c5ccccc5)o4)n3)CC2C1.[HH].[HH]. The number of hydrogen-bond acceptors (Lipinski definition) is 9. The van der Waals surface area contributed by atoms with Crippen LogP contribution in [0.25, 0.3) is 23.0 Å². The highest BCUT2D eigenvalue weighted by molar-refractivity contribution is 7.89. The molecule has 0 radical (unpaired) electrons. The Morgan fingerprint density at radius 1 is 1.10 bits per heavy atom. The van der Waals surface area contributed by atoms with Crippen LogP contribution in [0, 0.1) is 11.8 Å². The Hall–Kier alpha value is -3.05. The summed E-state index contributed by atoms with van der Waals surface area (Å²) in [6.07, 6.45) is 1.63. The van der Waals surface area contributed by atoms with Gasteiger partial charge in [0.1, 0.15) is 5.82 Å². The van der Waals surface area contributed by atoms with Gasteiger partial charge >= 0.3 is 0 Å². The van der Waals surface area contributed by atoms with Gasteiger partial charge in [0.2, 0.25) is 15.9 Å². The van der Waals surface area contributed by atoms with Gasteiger partial charge in [-0.15, -0.1) is 10.2 Å². The second-order valence-corrected chi connectivity index (χ2v) is 10.1. The van der Waals surface area contributed by atoms with Gasteiger partial charge in [-0.05, 0) is 30.9 Å². The first-order valence-electron chi connectivity index (χ1n) is 10.2. The van der Waals surface area contributed by atoms with Crippen LogP contribution in [0.15, 0.2) is 40.9 Å². The highest BCUT2D eigenvalue weighted by atomic mass is 32.2. The Morgan fingerprint density at radius 3 is 2.45 bits per heavy atom. The van der Waals surface area contributed by atoms with E-state index in [1.807, 2.05) is 30.3 Å². The summed E-state index contributed by atoms with van der Waals surface area (Å²) in [5.41, 5.74) is 7.20. The van der Waals surface area contributed by atoms with Gasteiger partial charge in [0.15, 0.2) is 11.5 Å². The summed E-state index contributed by atoms with van der Waals surface area (Å²) in [7, 11) is -3.15. The lowest BCUT2D eigenvalue weighted by Crippen LogP contribution is -2.34. The summed E-state index contributed by atoms with van der Waals surface area (Å²) < 4.78 is 31.8. The number of sulfonamides is 1. The maximum Gasteiger partial charge on any atom is 0.270 e. The zero-order valence-electron chi connectivity index (χ0n) is 17.0. The number of nitrogen functional groups attached to an aromatic ring is 1. The molecule has 0 bridgehead atoms. The van der Waals surface area contributed by atoms with E-state index in [1.165, 1.54) is 0 Å². The van der Waals surface area contributed by atoms with Crippen molar-refractivity contribution in [1.29, 1.82) is 0 Å². The summed E-state index contributed by atoms with van der Waals surface area (Å²) in [4.78, 5) is 11.1. The number of benzene rings is 1. The number of fused-ring (bicyclic) bond motifs is 1. The maximum atomic E-state index is 12.2. The van der Waals surface area contributed by atoms with Crippen LogP contribution in [0.3, 0.4) is 0 Å². The third-order valence-electron chi connectivity index (χ3n) is 5.97. The van der Waals surface area contributed by atoms with Gasteiger partial charge in [-0.1, -0.05) is 18.2 Å². The molecule has 10 nitrogen and oxygen atoms in total. The van der Waals surface area contributed by atoms with Gasteiger partial charge in [0.25, 0.3) is 5.89 Å². The minimum atomic E-state index is -3.15. The second kappa shape index (κ2) is 7.57. The smallest absolute Gasteiger partial charge is 0.270 e. The van der Waals surface area contributed by atoms with E-state index in [-0.39, 0.29) is 32.2 Å². The van der Waals surface area contributed by atoms with Gasteiger partial charge in [0.05, 0.1) is 11.9 Å². The standard InChI is InChI=1S/C20H23N7O3S.2H2/c1-2-31(28,29)27-11-14-9-26(10-15(14)12-27)16-8-22-18(21)17(23-16)20-25-24-19(30-20)13-6-4-3-5-7-13;;/h3-8,14-15H,2,9-12H2,1H3,(H2,21,22);2*1H. The van der Waals surface area contributed by atoms with E-state index in [9.17, 15) is 8.42 Å². The summed E-state index contributed by atoms with van der Waals surface area (Å²) in [6, 6.07) is 9.47. The number of hydrogen-bond donors (Lipinski definition) is 1. The molecule has 2 saturated heterocycles. The van der Waals surface area contributed by atoms with Crippen molar-refractivity contribution in [3.05, 3.63) is 36.5 Å². The first-order chi connectivity index (χ1) is 14.9. The summed E-state index contributed by atoms with van der Waals surface area (Å²) >= 11 is 0. The zero-order chi connectivity index (χ0) is 21.6. The predicted molar refractivity (Wildman–Crippen MR) is 120 cm³/mol. The Bertz CT molecular complexity index is 1200. The predicted octanol–water partition coefficient (Wildman–Crippen LogP) is 1.99. The highest BCUT2D eigenvalue weighted by Crippen LogP contribution is 2.35. The molecule has 2 fully saturated rings. The highest BCUT2D eigenvalue weighted by Gasteiger charge is 2.43. The molecular weight excluding hydrogens is 418 g/mol. The quantitative estimate of drug-likeness (QED) is 0.626. The fourth-order valence-corrected chi connectivity index (χ4v) is 5.46. The molecule has 166 valence electrons. The summed E-state index contributed by atoms with van der Waals surface area (Å²) in [6.45, 7) is 4.23. The monoisotopic (exact) mass is 445 g/mol. The molecule has 2 aliphatic heterocycles. The third-order valence-corrected chi connectivity index (χ3v) is 7.79. The molecule has 2 aliphatic rings. The lowest BCUT2D eigenvalue weighted by molar-refractivity contribution is 0.454. The lowest BCUT2D eigenvalue weighted by Gasteiger charge is -2.22. The van der Waals surface area contributed by atoms with Gasteiger partial charge in [-0.25, -0.2) is 22.7 Å². The molecule has 4 heterocycles. The van der Waals surface area contributed by atoms with Gasteiger partial charge < -0.3 is 15.1 Å². The fourth-order valence-electron chi connectivity index (χ4n) is 4.26. The Balaban J connectivity index is 0.00000153. The van der Waals surface area contributed by atoms with E-state index in [1.54, 1.807) is 17.4 Å². The molecular formula is C20H27N7O3S. The topological polar surface area (TPSA) is 131 Å². The molecule has 2 unspecified atom stereocenters. The molecule has 0 saturated carbocycles. The third kappa shape index (κ3) is 3.63. The molecule has 2 aromatic heterocycles. The van der Waals surface area contributed by atoms with Crippen molar-refractivity contribution in [1.82, 2.24) is 24.5 Å². The molecule has 1 aromatic carbocycles. The van der Waals surface area contributed by atoms with Crippen LogP contribution in [0.1, 0.15) is 9.78 Å². The van der Waals surface area contributed by atoms with Crippen molar-refractivity contribution < 1.29 is 15.7 Å². The molecule has 5 rings (SSSR count). The van der Waals surface area contributed by atoms with Crippen LogP contribution in [0.2, 0.25) is 0 Å². The van der Waals surface area contributed by atoms with Gasteiger partial charge in [-0.3, -0.25) is 0 Å². The number of anilines is 2. The maximum absolute atomic E-state index is 12.2. The van der Waals surface area contributed by atoms with Crippen molar-refractivity contribution in [3.8, 4) is 23.0 Å². The lowest BCUT2D eigenvalue weighted by atomic mass is 10.0. The normalized spacial score (nSPS) is 21.5. The summed E-state index contributed by atoms with van der Waals surface area (Å²) in [5, 5.41) is 8.20. The number of aromatic nitrogens is 4. The molecule has 0 amide bonds.